The third kappa shape index (κ3) is 1.35. The molecule has 1 N–H and O–H groups in total. The predicted molar refractivity (Wildman–Crippen MR) is 57.0 cm³/mol. The lowest BCUT2D eigenvalue weighted by atomic mass is 9.69. The van der Waals surface area contributed by atoms with Crippen molar-refractivity contribution < 1.29 is 5.11 Å². The van der Waals surface area contributed by atoms with E-state index < -0.39 is 0 Å². The Labute approximate surface area is 85.2 Å². The highest BCUT2D eigenvalue weighted by Crippen LogP contribution is 2.45. The molecule has 0 unspecified atom stereocenters. The van der Waals surface area contributed by atoms with Crippen molar-refractivity contribution in [3.05, 3.63) is 35.9 Å². The van der Waals surface area contributed by atoms with Gasteiger partial charge in [-0.1, -0.05) is 30.3 Å². The molecule has 0 bridgehead atoms. The molecule has 0 heterocycles. The lowest BCUT2D eigenvalue weighted by Crippen LogP contribution is -2.54. The van der Waals surface area contributed by atoms with Crippen molar-refractivity contribution in [2.24, 2.45) is 0 Å². The lowest BCUT2D eigenvalue weighted by molar-refractivity contribution is -0.0578. The van der Waals surface area contributed by atoms with Crippen molar-refractivity contribution >= 4 is 0 Å². The van der Waals surface area contributed by atoms with E-state index in [2.05, 4.69) is 43.3 Å². The minimum Gasteiger partial charge on any atom is -0.393 e. The van der Waals surface area contributed by atoms with Crippen LogP contribution in [0.15, 0.2) is 30.3 Å². The van der Waals surface area contributed by atoms with Crippen LogP contribution in [0, 0.1) is 0 Å². The summed E-state index contributed by atoms with van der Waals surface area (Å²) in [5, 5.41) is 9.47. The van der Waals surface area contributed by atoms with Crippen molar-refractivity contribution in [3.63, 3.8) is 0 Å². The van der Waals surface area contributed by atoms with E-state index in [1.54, 1.807) is 0 Å². The van der Waals surface area contributed by atoms with Gasteiger partial charge in [0.15, 0.2) is 0 Å². The van der Waals surface area contributed by atoms with Gasteiger partial charge < -0.3 is 5.11 Å². The van der Waals surface area contributed by atoms with Gasteiger partial charge in [0.1, 0.15) is 0 Å². The highest BCUT2D eigenvalue weighted by molar-refractivity contribution is 5.28. The van der Waals surface area contributed by atoms with Gasteiger partial charge in [0.25, 0.3) is 0 Å². The second-order valence-electron chi connectivity index (χ2n) is 4.35. The topological polar surface area (TPSA) is 23.5 Å². The zero-order valence-corrected chi connectivity index (χ0v) is 8.77. The van der Waals surface area contributed by atoms with Gasteiger partial charge in [-0.3, -0.25) is 4.90 Å². The smallest absolute Gasteiger partial charge is 0.0582 e. The van der Waals surface area contributed by atoms with Crippen molar-refractivity contribution in [3.8, 4) is 0 Å². The van der Waals surface area contributed by atoms with E-state index in [1.165, 1.54) is 5.56 Å². The summed E-state index contributed by atoms with van der Waals surface area (Å²) < 4.78 is 0. The molecule has 1 aliphatic carbocycles. The fraction of sp³-hybridized carbons (Fsp3) is 0.500. The average Bonchev–Trinajstić information content (AvgIpc) is 2.13. The van der Waals surface area contributed by atoms with Crippen LogP contribution in [0.2, 0.25) is 0 Å². The number of aliphatic hydroxyl groups excluding tert-OH is 1. The molecule has 2 nitrogen and oxygen atoms in total. The molecule has 2 heteroatoms. The van der Waals surface area contributed by atoms with Crippen LogP contribution in [0.25, 0.3) is 0 Å². The van der Waals surface area contributed by atoms with Crippen LogP contribution in [-0.4, -0.2) is 30.2 Å². The fourth-order valence-corrected chi connectivity index (χ4v) is 2.33. The summed E-state index contributed by atoms with van der Waals surface area (Å²) in [5.74, 6) is 0. The minimum absolute atomic E-state index is 0.0701. The number of benzene rings is 1. The first-order chi connectivity index (χ1) is 6.65. The van der Waals surface area contributed by atoms with Gasteiger partial charge in [0, 0.05) is 0 Å². The number of rotatable bonds is 2. The van der Waals surface area contributed by atoms with Crippen LogP contribution >= 0.6 is 0 Å². The Morgan fingerprint density at radius 3 is 2.21 bits per heavy atom. The van der Waals surface area contributed by atoms with Gasteiger partial charge in [-0.05, 0) is 32.5 Å². The largest absolute Gasteiger partial charge is 0.393 e. The fourth-order valence-electron chi connectivity index (χ4n) is 2.33. The highest BCUT2D eigenvalue weighted by Gasteiger charge is 2.46. The number of hydrogen-bond donors (Lipinski definition) is 1. The minimum atomic E-state index is -0.127. The molecule has 1 aromatic carbocycles. The predicted octanol–water partition coefficient (Wildman–Crippen LogP) is 1.60. The Morgan fingerprint density at radius 1 is 1.21 bits per heavy atom. The maximum atomic E-state index is 9.47. The SMILES string of the molecule is CN(C)C1(c2ccccc2)CC(O)C1. The Morgan fingerprint density at radius 2 is 1.79 bits per heavy atom. The first kappa shape index (κ1) is 9.69. The van der Waals surface area contributed by atoms with Crippen LogP contribution in [0.3, 0.4) is 0 Å². The van der Waals surface area contributed by atoms with Crippen molar-refractivity contribution in [1.29, 1.82) is 0 Å². The van der Waals surface area contributed by atoms with Crippen molar-refractivity contribution in [1.82, 2.24) is 4.90 Å². The first-order valence-electron chi connectivity index (χ1n) is 5.06. The molecule has 14 heavy (non-hydrogen) atoms. The van der Waals surface area contributed by atoms with E-state index in [4.69, 9.17) is 0 Å². The van der Waals surface area contributed by atoms with Gasteiger partial charge in [-0.25, -0.2) is 0 Å². The maximum absolute atomic E-state index is 9.47. The van der Waals surface area contributed by atoms with E-state index >= 15 is 0 Å². The second kappa shape index (κ2) is 3.37. The van der Waals surface area contributed by atoms with Crippen molar-refractivity contribution in [2.75, 3.05) is 14.1 Å². The highest BCUT2D eigenvalue weighted by atomic mass is 16.3. The van der Waals surface area contributed by atoms with Crippen LogP contribution in [-0.2, 0) is 5.54 Å². The third-order valence-electron chi connectivity index (χ3n) is 3.31. The Hall–Kier alpha value is -0.860. The molecule has 1 aliphatic rings. The average molecular weight is 191 g/mol. The Kier molecular flexibility index (Phi) is 2.33. The molecule has 0 atom stereocenters. The van der Waals surface area contributed by atoms with E-state index in [-0.39, 0.29) is 11.6 Å². The third-order valence-corrected chi connectivity index (χ3v) is 3.31. The van der Waals surface area contributed by atoms with Gasteiger partial charge in [-0.2, -0.15) is 0 Å². The molecule has 0 aliphatic heterocycles. The molecule has 1 aromatic rings. The lowest BCUT2D eigenvalue weighted by Gasteiger charge is -2.50. The summed E-state index contributed by atoms with van der Waals surface area (Å²) in [7, 11) is 4.16. The quantitative estimate of drug-likeness (QED) is 0.767. The van der Waals surface area contributed by atoms with E-state index in [1.807, 2.05) is 6.07 Å². The molecule has 0 radical (unpaired) electrons. The molecule has 1 fully saturated rings. The molecule has 0 spiro atoms. The monoisotopic (exact) mass is 191 g/mol. The summed E-state index contributed by atoms with van der Waals surface area (Å²) in [5.41, 5.74) is 1.39. The Bertz CT molecular complexity index is 301. The molecular formula is C12H17NO. The Balaban J connectivity index is 2.30. The van der Waals surface area contributed by atoms with Crippen molar-refractivity contribution in [2.45, 2.75) is 24.5 Å². The normalized spacial score (nSPS) is 31.6. The first-order valence-corrected chi connectivity index (χ1v) is 5.06. The molecule has 1 saturated carbocycles. The zero-order chi connectivity index (χ0) is 10.2. The molecule has 0 amide bonds. The summed E-state index contributed by atoms with van der Waals surface area (Å²) in [6, 6.07) is 10.4. The molecule has 76 valence electrons. The summed E-state index contributed by atoms with van der Waals surface area (Å²) in [4.78, 5) is 2.22. The summed E-state index contributed by atoms with van der Waals surface area (Å²) >= 11 is 0. The molecule has 0 aromatic heterocycles. The number of hydrogen-bond acceptors (Lipinski definition) is 2. The van der Waals surface area contributed by atoms with Crippen LogP contribution in [0.1, 0.15) is 18.4 Å². The molecule has 2 rings (SSSR count). The molecule has 0 saturated heterocycles. The van der Waals surface area contributed by atoms with Crippen LogP contribution in [0.4, 0.5) is 0 Å². The maximum Gasteiger partial charge on any atom is 0.0582 e. The van der Waals surface area contributed by atoms with Gasteiger partial charge in [-0.15, -0.1) is 0 Å². The van der Waals surface area contributed by atoms with E-state index in [0.29, 0.717) is 0 Å². The number of nitrogens with zero attached hydrogens (tertiary/aromatic N) is 1. The van der Waals surface area contributed by atoms with E-state index in [0.717, 1.165) is 12.8 Å². The van der Waals surface area contributed by atoms with E-state index in [9.17, 15) is 5.11 Å². The molecular weight excluding hydrogens is 174 g/mol. The van der Waals surface area contributed by atoms with Crippen LogP contribution < -0.4 is 0 Å². The van der Waals surface area contributed by atoms with Gasteiger partial charge in [0.2, 0.25) is 0 Å². The van der Waals surface area contributed by atoms with Crippen LogP contribution in [0.5, 0.6) is 0 Å². The zero-order valence-electron chi connectivity index (χ0n) is 8.77. The second-order valence-corrected chi connectivity index (χ2v) is 4.35. The van der Waals surface area contributed by atoms with Gasteiger partial charge in [0.05, 0.1) is 11.6 Å². The standard InChI is InChI=1S/C12H17NO/c1-13(2)12(8-11(14)9-12)10-6-4-3-5-7-10/h3-7,11,14H,8-9H2,1-2H3. The summed E-state index contributed by atoms with van der Waals surface area (Å²) in [6.45, 7) is 0. The van der Waals surface area contributed by atoms with Gasteiger partial charge >= 0.3 is 0 Å². The number of aliphatic hydroxyl groups is 1. The summed E-state index contributed by atoms with van der Waals surface area (Å²) in [6.07, 6.45) is 1.58.